The van der Waals surface area contributed by atoms with E-state index in [2.05, 4.69) is 4.98 Å². The van der Waals surface area contributed by atoms with Gasteiger partial charge in [0.05, 0.1) is 16.9 Å². The number of halogens is 1. The number of aromatic nitrogens is 2. The molecule has 0 amide bonds. The molecule has 5 heteroatoms. The molecule has 2 aromatic heterocycles. The lowest BCUT2D eigenvalue weighted by Gasteiger charge is -2.07. The van der Waals surface area contributed by atoms with Crippen molar-refractivity contribution in [2.45, 2.75) is 6.61 Å². The minimum Gasteiger partial charge on any atom is -0.486 e. The van der Waals surface area contributed by atoms with Gasteiger partial charge < -0.3 is 14.9 Å². The normalized spacial score (nSPS) is 10.8. The van der Waals surface area contributed by atoms with Gasteiger partial charge in [-0.05, 0) is 18.2 Å². The summed E-state index contributed by atoms with van der Waals surface area (Å²) in [4.78, 5) is 4.28. The van der Waals surface area contributed by atoms with E-state index in [9.17, 15) is 0 Å². The second kappa shape index (κ2) is 4.82. The van der Waals surface area contributed by atoms with Crippen molar-refractivity contribution in [3.63, 3.8) is 0 Å². The third-order valence-electron chi connectivity index (χ3n) is 2.83. The van der Waals surface area contributed by atoms with Crippen molar-refractivity contribution >= 4 is 22.9 Å². The van der Waals surface area contributed by atoms with Crippen LogP contribution in [0.2, 0.25) is 5.02 Å². The molecule has 0 spiro atoms. The largest absolute Gasteiger partial charge is 0.486 e. The van der Waals surface area contributed by atoms with Crippen molar-refractivity contribution in [2.75, 3.05) is 5.73 Å². The lowest BCUT2D eigenvalue weighted by Crippen LogP contribution is -2.00. The van der Waals surface area contributed by atoms with Gasteiger partial charge in [0.1, 0.15) is 18.0 Å². The highest BCUT2D eigenvalue weighted by molar-refractivity contribution is 6.32. The average molecular weight is 274 g/mol. The zero-order valence-corrected chi connectivity index (χ0v) is 10.8. The number of ether oxygens (including phenoxy) is 1. The van der Waals surface area contributed by atoms with Crippen LogP contribution in [0, 0.1) is 0 Å². The summed E-state index contributed by atoms with van der Waals surface area (Å²) in [6.07, 6.45) is 3.65. The molecule has 3 aromatic rings. The fourth-order valence-electron chi connectivity index (χ4n) is 1.87. The molecule has 0 bridgehead atoms. The van der Waals surface area contributed by atoms with Crippen LogP contribution in [0.25, 0.3) is 5.65 Å². The number of nitrogen functional groups attached to an aromatic ring is 1. The third kappa shape index (κ3) is 2.35. The Hall–Kier alpha value is -2.20. The van der Waals surface area contributed by atoms with Gasteiger partial charge in [-0.1, -0.05) is 23.7 Å². The van der Waals surface area contributed by atoms with E-state index in [0.29, 0.717) is 23.1 Å². The molecular weight excluding hydrogens is 262 g/mol. The molecule has 0 saturated carbocycles. The van der Waals surface area contributed by atoms with E-state index < -0.39 is 0 Å². The molecule has 1 aromatic carbocycles. The molecule has 0 aliphatic carbocycles. The smallest absolute Gasteiger partial charge is 0.139 e. The second-order valence-corrected chi connectivity index (χ2v) is 4.56. The van der Waals surface area contributed by atoms with Gasteiger partial charge in [-0.3, -0.25) is 0 Å². The second-order valence-electron chi connectivity index (χ2n) is 4.16. The van der Waals surface area contributed by atoms with Crippen molar-refractivity contribution in [1.82, 2.24) is 9.38 Å². The molecule has 0 radical (unpaired) electrons. The van der Waals surface area contributed by atoms with E-state index in [-0.39, 0.29) is 0 Å². The average Bonchev–Trinajstić information content (AvgIpc) is 2.80. The molecule has 0 unspecified atom stereocenters. The zero-order valence-electron chi connectivity index (χ0n) is 10.1. The number of nitrogens with zero attached hydrogens (tertiary/aromatic N) is 2. The number of benzene rings is 1. The summed E-state index contributed by atoms with van der Waals surface area (Å²) in [6.45, 7) is 0.398. The topological polar surface area (TPSA) is 52.5 Å². The quantitative estimate of drug-likeness (QED) is 0.797. The van der Waals surface area contributed by atoms with Crippen LogP contribution in [0.4, 0.5) is 5.69 Å². The molecule has 4 nitrogen and oxygen atoms in total. The Labute approximate surface area is 115 Å². The van der Waals surface area contributed by atoms with Gasteiger partial charge in [0.2, 0.25) is 0 Å². The predicted octanol–water partition coefficient (Wildman–Crippen LogP) is 3.15. The van der Waals surface area contributed by atoms with Crippen LogP contribution >= 0.6 is 11.6 Å². The van der Waals surface area contributed by atoms with Crippen LogP contribution in [0.3, 0.4) is 0 Å². The molecule has 2 N–H and O–H groups in total. The van der Waals surface area contributed by atoms with Crippen LogP contribution in [-0.2, 0) is 6.61 Å². The van der Waals surface area contributed by atoms with Gasteiger partial charge in [0, 0.05) is 18.0 Å². The number of hydrogen-bond acceptors (Lipinski definition) is 3. The van der Waals surface area contributed by atoms with E-state index >= 15 is 0 Å². The van der Waals surface area contributed by atoms with Crippen molar-refractivity contribution in [2.24, 2.45) is 0 Å². The highest BCUT2D eigenvalue weighted by Gasteiger charge is 2.05. The lowest BCUT2D eigenvalue weighted by molar-refractivity contribution is 0.300. The standard InChI is InChI=1S/C14H12ClN3O/c15-12-3-1-2-4-13(12)19-9-11-8-17-14-7-10(16)5-6-18(11)14/h1-8H,9,16H2. The molecule has 0 aliphatic heterocycles. The Morgan fingerprint density at radius 2 is 2.11 bits per heavy atom. The van der Waals surface area contributed by atoms with E-state index in [4.69, 9.17) is 22.1 Å². The minimum atomic E-state index is 0.398. The molecule has 0 saturated heterocycles. The summed E-state index contributed by atoms with van der Waals surface area (Å²) >= 11 is 6.04. The number of imidazole rings is 1. The maximum atomic E-state index is 6.04. The lowest BCUT2D eigenvalue weighted by atomic mass is 10.3. The van der Waals surface area contributed by atoms with Crippen molar-refractivity contribution in [3.8, 4) is 5.75 Å². The summed E-state index contributed by atoms with van der Waals surface area (Å²) in [5.41, 5.74) is 8.15. The Bertz CT molecular complexity index is 724. The van der Waals surface area contributed by atoms with E-state index in [1.807, 2.05) is 40.9 Å². The SMILES string of the molecule is Nc1ccn2c(COc3ccccc3Cl)cnc2c1. The van der Waals surface area contributed by atoms with Crippen LogP contribution in [0.1, 0.15) is 5.69 Å². The number of nitrogens with two attached hydrogens (primary N) is 1. The summed E-state index contributed by atoms with van der Waals surface area (Å²) in [5.74, 6) is 0.662. The molecule has 3 rings (SSSR count). The number of rotatable bonds is 3. The van der Waals surface area contributed by atoms with Gasteiger partial charge in [-0.2, -0.15) is 0 Å². The van der Waals surface area contributed by atoms with E-state index in [1.165, 1.54) is 0 Å². The van der Waals surface area contributed by atoms with Crippen molar-refractivity contribution < 1.29 is 4.74 Å². The highest BCUT2D eigenvalue weighted by Crippen LogP contribution is 2.24. The Morgan fingerprint density at radius 1 is 1.26 bits per heavy atom. The summed E-state index contributed by atoms with van der Waals surface area (Å²) in [5, 5.41) is 0.598. The number of pyridine rings is 1. The molecule has 0 fully saturated rings. The highest BCUT2D eigenvalue weighted by atomic mass is 35.5. The van der Waals surface area contributed by atoms with Gasteiger partial charge in [0.25, 0.3) is 0 Å². The third-order valence-corrected chi connectivity index (χ3v) is 3.14. The van der Waals surface area contributed by atoms with Crippen LogP contribution < -0.4 is 10.5 Å². The van der Waals surface area contributed by atoms with Gasteiger partial charge in [-0.15, -0.1) is 0 Å². The van der Waals surface area contributed by atoms with E-state index in [0.717, 1.165) is 11.3 Å². The molecule has 96 valence electrons. The first-order chi connectivity index (χ1) is 9.24. The molecular formula is C14H12ClN3O. The summed E-state index contributed by atoms with van der Waals surface area (Å²) in [6, 6.07) is 11.0. The molecule has 0 aliphatic rings. The summed E-state index contributed by atoms with van der Waals surface area (Å²) < 4.78 is 7.63. The monoisotopic (exact) mass is 273 g/mol. The van der Waals surface area contributed by atoms with E-state index in [1.54, 1.807) is 12.3 Å². The first kappa shape index (κ1) is 11.9. The van der Waals surface area contributed by atoms with Crippen LogP contribution in [0.15, 0.2) is 48.8 Å². The predicted molar refractivity (Wildman–Crippen MR) is 75.4 cm³/mol. The van der Waals surface area contributed by atoms with Crippen LogP contribution in [0.5, 0.6) is 5.75 Å². The Balaban J connectivity index is 1.84. The van der Waals surface area contributed by atoms with Crippen molar-refractivity contribution in [1.29, 1.82) is 0 Å². The number of anilines is 1. The minimum absolute atomic E-state index is 0.398. The number of para-hydroxylation sites is 1. The van der Waals surface area contributed by atoms with Crippen LogP contribution in [-0.4, -0.2) is 9.38 Å². The number of hydrogen-bond donors (Lipinski definition) is 1. The number of fused-ring (bicyclic) bond motifs is 1. The molecule has 19 heavy (non-hydrogen) atoms. The first-order valence-electron chi connectivity index (χ1n) is 5.83. The fourth-order valence-corrected chi connectivity index (χ4v) is 2.06. The molecule has 0 atom stereocenters. The Kier molecular flexibility index (Phi) is 3.01. The fraction of sp³-hybridized carbons (Fsp3) is 0.0714. The van der Waals surface area contributed by atoms with Gasteiger partial charge in [0.15, 0.2) is 0 Å². The Morgan fingerprint density at radius 3 is 2.95 bits per heavy atom. The molecule has 2 heterocycles. The maximum Gasteiger partial charge on any atom is 0.139 e. The maximum absolute atomic E-state index is 6.04. The van der Waals surface area contributed by atoms with Gasteiger partial charge >= 0.3 is 0 Å². The first-order valence-corrected chi connectivity index (χ1v) is 6.20. The van der Waals surface area contributed by atoms with Gasteiger partial charge in [-0.25, -0.2) is 4.98 Å². The summed E-state index contributed by atoms with van der Waals surface area (Å²) in [7, 11) is 0. The zero-order chi connectivity index (χ0) is 13.2. The van der Waals surface area contributed by atoms with Crippen molar-refractivity contribution in [3.05, 3.63) is 59.5 Å².